The highest BCUT2D eigenvalue weighted by Crippen LogP contribution is 2.10. The molecule has 0 atom stereocenters. The van der Waals surface area contributed by atoms with Crippen molar-refractivity contribution in [2.24, 2.45) is 0 Å². The van der Waals surface area contributed by atoms with E-state index in [1.807, 2.05) is 25.1 Å². The highest BCUT2D eigenvalue weighted by molar-refractivity contribution is 5.90. The van der Waals surface area contributed by atoms with Gasteiger partial charge in [0, 0.05) is 16.9 Å². The van der Waals surface area contributed by atoms with Crippen molar-refractivity contribution in [2.45, 2.75) is 27.3 Å². The minimum absolute atomic E-state index is 0.0440. The third kappa shape index (κ3) is 3.28. The smallest absolute Gasteiger partial charge is 0.258 e. The first-order valence-corrected chi connectivity index (χ1v) is 6.58. The zero-order chi connectivity index (χ0) is 15.6. The molecule has 1 heterocycles. The van der Waals surface area contributed by atoms with Gasteiger partial charge in [0.1, 0.15) is 6.54 Å². The molecule has 0 aliphatic heterocycles. The van der Waals surface area contributed by atoms with Crippen molar-refractivity contribution in [3.05, 3.63) is 51.4 Å². The van der Waals surface area contributed by atoms with Crippen LogP contribution in [0.2, 0.25) is 0 Å². The third-order valence-corrected chi connectivity index (χ3v) is 3.27. The molecule has 0 saturated heterocycles. The predicted octanol–water partition coefficient (Wildman–Crippen LogP) is 1.39. The summed E-state index contributed by atoms with van der Waals surface area (Å²) in [6, 6.07) is 7.42. The Kier molecular flexibility index (Phi) is 4.07. The Morgan fingerprint density at radius 2 is 2.05 bits per heavy atom. The number of carbonyl (C=O) groups is 1. The number of nitrogens with one attached hydrogen (secondary N) is 1. The molecule has 0 bridgehead atoms. The zero-order valence-electron chi connectivity index (χ0n) is 12.3. The lowest BCUT2D eigenvalue weighted by Gasteiger charge is -2.11. The van der Waals surface area contributed by atoms with E-state index in [2.05, 4.69) is 10.3 Å². The van der Waals surface area contributed by atoms with E-state index in [0.29, 0.717) is 16.9 Å². The van der Waals surface area contributed by atoms with E-state index in [4.69, 9.17) is 5.73 Å². The number of nitrogen functional groups attached to an aromatic ring is 1. The normalized spacial score (nSPS) is 10.4. The van der Waals surface area contributed by atoms with E-state index in [1.54, 1.807) is 19.9 Å². The predicted molar refractivity (Wildman–Crippen MR) is 82.2 cm³/mol. The molecule has 1 aromatic carbocycles. The Hall–Kier alpha value is -2.63. The number of hydrogen-bond donors (Lipinski definition) is 2. The summed E-state index contributed by atoms with van der Waals surface area (Å²) in [5, 5.41) is 2.74. The first-order valence-electron chi connectivity index (χ1n) is 6.58. The standard InChI is InChI=1S/C15H18N4O2/c1-9-5-4-6-12(7-9)18-13(20)8-19-14(21)10(2)11(3)17-15(19)16/h4-7H,8H2,1-3H3,(H2,16,17)(H,18,20). The average molecular weight is 286 g/mol. The van der Waals surface area contributed by atoms with E-state index in [9.17, 15) is 9.59 Å². The third-order valence-electron chi connectivity index (χ3n) is 3.27. The summed E-state index contributed by atoms with van der Waals surface area (Å²) in [5.74, 6) is -0.276. The van der Waals surface area contributed by atoms with Gasteiger partial charge in [0.05, 0.1) is 0 Å². The van der Waals surface area contributed by atoms with Gasteiger partial charge in [-0.15, -0.1) is 0 Å². The SMILES string of the molecule is Cc1cccc(NC(=O)Cn2c(N)nc(C)c(C)c2=O)c1. The Balaban J connectivity index is 2.21. The maximum absolute atomic E-state index is 12.1. The summed E-state index contributed by atoms with van der Waals surface area (Å²) < 4.78 is 1.17. The molecule has 1 amide bonds. The number of rotatable bonds is 3. The van der Waals surface area contributed by atoms with Gasteiger partial charge in [-0.1, -0.05) is 12.1 Å². The van der Waals surface area contributed by atoms with E-state index in [0.717, 1.165) is 5.56 Å². The molecule has 0 unspecified atom stereocenters. The Labute approximate surface area is 122 Å². The van der Waals surface area contributed by atoms with E-state index < -0.39 is 0 Å². The van der Waals surface area contributed by atoms with Crippen LogP contribution >= 0.6 is 0 Å². The number of amides is 1. The van der Waals surface area contributed by atoms with Gasteiger partial charge in [0.15, 0.2) is 0 Å². The number of aromatic nitrogens is 2. The summed E-state index contributed by atoms with van der Waals surface area (Å²) in [5.41, 5.74) is 8.23. The highest BCUT2D eigenvalue weighted by atomic mass is 16.2. The van der Waals surface area contributed by atoms with Crippen molar-refractivity contribution in [3.63, 3.8) is 0 Å². The summed E-state index contributed by atoms with van der Waals surface area (Å²) in [6.45, 7) is 5.15. The molecule has 6 heteroatoms. The molecule has 1 aromatic heterocycles. The average Bonchev–Trinajstić information content (AvgIpc) is 2.41. The molecule has 0 spiro atoms. The molecule has 0 aliphatic carbocycles. The molecule has 6 nitrogen and oxygen atoms in total. The lowest BCUT2D eigenvalue weighted by Crippen LogP contribution is -2.32. The minimum atomic E-state index is -0.320. The second-order valence-corrected chi connectivity index (χ2v) is 4.99. The van der Waals surface area contributed by atoms with E-state index in [1.165, 1.54) is 4.57 Å². The number of carbonyl (C=O) groups excluding carboxylic acids is 1. The monoisotopic (exact) mass is 286 g/mol. The molecule has 0 radical (unpaired) electrons. The number of nitrogens with zero attached hydrogens (tertiary/aromatic N) is 2. The van der Waals surface area contributed by atoms with Gasteiger partial charge in [-0.05, 0) is 38.5 Å². The maximum Gasteiger partial charge on any atom is 0.258 e. The first-order chi connectivity index (χ1) is 9.88. The quantitative estimate of drug-likeness (QED) is 0.892. The second kappa shape index (κ2) is 5.78. The highest BCUT2D eigenvalue weighted by Gasteiger charge is 2.12. The van der Waals surface area contributed by atoms with Gasteiger partial charge in [0.25, 0.3) is 5.56 Å². The number of aryl methyl sites for hydroxylation is 2. The topological polar surface area (TPSA) is 90.0 Å². The fourth-order valence-electron chi connectivity index (χ4n) is 2.00. The summed E-state index contributed by atoms with van der Waals surface area (Å²) in [6.07, 6.45) is 0. The van der Waals surface area contributed by atoms with Gasteiger partial charge >= 0.3 is 0 Å². The number of hydrogen-bond acceptors (Lipinski definition) is 4. The molecular weight excluding hydrogens is 268 g/mol. The molecule has 21 heavy (non-hydrogen) atoms. The molecule has 110 valence electrons. The number of nitrogens with two attached hydrogens (primary N) is 1. The summed E-state index contributed by atoms with van der Waals surface area (Å²) in [4.78, 5) is 28.2. The van der Waals surface area contributed by atoms with Gasteiger partial charge in [0.2, 0.25) is 11.9 Å². The number of benzene rings is 1. The minimum Gasteiger partial charge on any atom is -0.369 e. The molecule has 2 aromatic rings. The van der Waals surface area contributed by atoms with Crippen LogP contribution in [0.3, 0.4) is 0 Å². The van der Waals surface area contributed by atoms with E-state index >= 15 is 0 Å². The largest absolute Gasteiger partial charge is 0.369 e. The fraction of sp³-hybridized carbons (Fsp3) is 0.267. The Morgan fingerprint density at radius 3 is 2.71 bits per heavy atom. The van der Waals surface area contributed by atoms with Gasteiger partial charge in [-0.25, -0.2) is 4.98 Å². The van der Waals surface area contributed by atoms with Gasteiger partial charge in [-0.3, -0.25) is 14.2 Å². The Bertz CT molecular complexity index is 750. The van der Waals surface area contributed by atoms with Crippen molar-refractivity contribution in [1.29, 1.82) is 0 Å². The number of anilines is 2. The van der Waals surface area contributed by atoms with Crippen LogP contribution in [-0.4, -0.2) is 15.5 Å². The molecule has 3 N–H and O–H groups in total. The summed E-state index contributed by atoms with van der Waals surface area (Å²) >= 11 is 0. The van der Waals surface area contributed by atoms with Crippen molar-refractivity contribution in [1.82, 2.24) is 9.55 Å². The van der Waals surface area contributed by atoms with Crippen molar-refractivity contribution in [3.8, 4) is 0 Å². The van der Waals surface area contributed by atoms with Crippen LogP contribution in [0.25, 0.3) is 0 Å². The second-order valence-electron chi connectivity index (χ2n) is 4.99. The van der Waals surface area contributed by atoms with Crippen LogP contribution in [0, 0.1) is 20.8 Å². The summed E-state index contributed by atoms with van der Waals surface area (Å²) in [7, 11) is 0. The Morgan fingerprint density at radius 1 is 1.33 bits per heavy atom. The molecular formula is C15H18N4O2. The van der Waals surface area contributed by atoms with Crippen molar-refractivity contribution < 1.29 is 4.79 Å². The molecule has 0 saturated carbocycles. The fourth-order valence-corrected chi connectivity index (χ4v) is 2.00. The zero-order valence-corrected chi connectivity index (χ0v) is 12.3. The maximum atomic E-state index is 12.1. The van der Waals surface area contributed by atoms with Crippen molar-refractivity contribution >= 4 is 17.5 Å². The van der Waals surface area contributed by atoms with E-state index in [-0.39, 0.29) is 24.0 Å². The molecule has 0 aliphatic rings. The van der Waals surface area contributed by atoms with Gasteiger partial charge in [-0.2, -0.15) is 0 Å². The van der Waals surface area contributed by atoms with Crippen LogP contribution in [0.4, 0.5) is 11.6 Å². The lowest BCUT2D eigenvalue weighted by molar-refractivity contribution is -0.116. The van der Waals surface area contributed by atoms with Crippen LogP contribution in [0.1, 0.15) is 16.8 Å². The van der Waals surface area contributed by atoms with Crippen LogP contribution < -0.4 is 16.6 Å². The molecule has 2 rings (SSSR count). The van der Waals surface area contributed by atoms with Crippen molar-refractivity contribution in [2.75, 3.05) is 11.1 Å². The van der Waals surface area contributed by atoms with Crippen LogP contribution in [-0.2, 0) is 11.3 Å². The van der Waals surface area contributed by atoms with Crippen LogP contribution in [0.15, 0.2) is 29.1 Å². The molecule has 0 fully saturated rings. The van der Waals surface area contributed by atoms with Crippen LogP contribution in [0.5, 0.6) is 0 Å². The lowest BCUT2D eigenvalue weighted by atomic mass is 10.2. The first kappa shape index (κ1) is 14.8. The van der Waals surface area contributed by atoms with Gasteiger partial charge < -0.3 is 11.1 Å².